The molecule has 1 aromatic rings. The van der Waals surface area contributed by atoms with Gasteiger partial charge < -0.3 is 10.1 Å². The van der Waals surface area contributed by atoms with Crippen molar-refractivity contribution in [2.75, 3.05) is 13.2 Å². The van der Waals surface area contributed by atoms with Crippen LogP contribution in [0.3, 0.4) is 0 Å². The molecule has 9 heteroatoms. The van der Waals surface area contributed by atoms with Gasteiger partial charge in [-0.25, -0.2) is 9.69 Å². The lowest BCUT2D eigenvalue weighted by Crippen LogP contribution is -2.41. The molecule has 0 fully saturated rings. The number of allylic oxidation sites excluding steroid dienone is 3. The molecule has 1 aromatic carbocycles. The van der Waals surface area contributed by atoms with Crippen LogP contribution in [0.2, 0.25) is 0 Å². The first-order chi connectivity index (χ1) is 13.8. The number of dihydropyridines is 1. The molecular weight excluding hydrogens is 376 g/mol. The zero-order valence-corrected chi connectivity index (χ0v) is 16.5. The number of nitro groups is 1. The SMILES string of the molecule is CCN(C(=O)OCCC#N)C(=O)C1=C(C)NC(C)=CC1c1ccc([N+](=O)[O-])cc1. The quantitative estimate of drug-likeness (QED) is 0.442. The molecule has 0 spiro atoms. The lowest BCUT2D eigenvalue weighted by Gasteiger charge is -2.29. The van der Waals surface area contributed by atoms with Gasteiger partial charge in [0.15, 0.2) is 0 Å². The maximum Gasteiger partial charge on any atom is 0.416 e. The molecule has 0 bridgehead atoms. The number of benzene rings is 1. The molecule has 29 heavy (non-hydrogen) atoms. The minimum absolute atomic E-state index is 0.0358. The highest BCUT2D eigenvalue weighted by atomic mass is 16.6. The number of nitriles is 1. The minimum Gasteiger partial charge on any atom is -0.448 e. The number of rotatable bonds is 6. The fourth-order valence-electron chi connectivity index (χ4n) is 3.09. The van der Waals surface area contributed by atoms with Crippen LogP contribution in [0.4, 0.5) is 10.5 Å². The summed E-state index contributed by atoms with van der Waals surface area (Å²) in [5.41, 5.74) is 2.40. The summed E-state index contributed by atoms with van der Waals surface area (Å²) in [6.45, 7) is 5.22. The summed E-state index contributed by atoms with van der Waals surface area (Å²) in [7, 11) is 0. The Labute approximate surface area is 168 Å². The van der Waals surface area contributed by atoms with Gasteiger partial charge in [-0.1, -0.05) is 18.2 Å². The lowest BCUT2D eigenvalue weighted by atomic mass is 9.86. The fraction of sp³-hybridized carbons (Fsp3) is 0.350. The highest BCUT2D eigenvalue weighted by molar-refractivity contribution is 6.04. The second-order valence-corrected chi connectivity index (χ2v) is 6.41. The third kappa shape index (κ3) is 4.99. The number of amides is 2. The van der Waals surface area contributed by atoms with Crippen LogP contribution in [0, 0.1) is 21.4 Å². The molecule has 1 N–H and O–H groups in total. The van der Waals surface area contributed by atoms with Crippen molar-refractivity contribution in [2.45, 2.75) is 33.1 Å². The number of nitrogens with one attached hydrogen (secondary N) is 1. The van der Waals surface area contributed by atoms with Gasteiger partial charge in [0.25, 0.3) is 11.6 Å². The number of nitrogens with zero attached hydrogens (tertiary/aromatic N) is 3. The van der Waals surface area contributed by atoms with Crippen molar-refractivity contribution in [3.63, 3.8) is 0 Å². The van der Waals surface area contributed by atoms with E-state index in [0.29, 0.717) is 16.8 Å². The number of ether oxygens (including phenoxy) is 1. The van der Waals surface area contributed by atoms with Crippen LogP contribution in [0.15, 0.2) is 47.3 Å². The van der Waals surface area contributed by atoms with E-state index in [1.54, 1.807) is 26.0 Å². The van der Waals surface area contributed by atoms with E-state index < -0.39 is 22.8 Å². The van der Waals surface area contributed by atoms with Crippen molar-refractivity contribution in [1.82, 2.24) is 10.2 Å². The molecule has 0 aliphatic carbocycles. The van der Waals surface area contributed by atoms with E-state index in [9.17, 15) is 19.7 Å². The standard InChI is InChI=1S/C20H22N4O5/c1-4-23(20(26)29-11-5-10-21)19(25)18-14(3)22-13(2)12-17(18)15-6-8-16(9-7-15)24(27)28/h6-9,12,17,22H,4-5,11H2,1-3H3. The average molecular weight is 398 g/mol. The van der Waals surface area contributed by atoms with Gasteiger partial charge in [0.1, 0.15) is 6.61 Å². The summed E-state index contributed by atoms with van der Waals surface area (Å²) < 4.78 is 5.00. The van der Waals surface area contributed by atoms with Gasteiger partial charge in [-0.2, -0.15) is 5.26 Å². The van der Waals surface area contributed by atoms with Crippen molar-refractivity contribution in [3.05, 3.63) is 63.0 Å². The van der Waals surface area contributed by atoms with E-state index in [2.05, 4.69) is 5.32 Å². The van der Waals surface area contributed by atoms with Crippen molar-refractivity contribution in [3.8, 4) is 6.07 Å². The van der Waals surface area contributed by atoms with E-state index in [4.69, 9.17) is 10.00 Å². The summed E-state index contributed by atoms with van der Waals surface area (Å²) in [6, 6.07) is 7.83. The number of nitro benzene ring substituents is 1. The second kappa shape index (κ2) is 9.50. The summed E-state index contributed by atoms with van der Waals surface area (Å²) in [4.78, 5) is 36.9. The van der Waals surface area contributed by atoms with E-state index >= 15 is 0 Å². The molecule has 0 saturated heterocycles. The van der Waals surface area contributed by atoms with Crippen molar-refractivity contribution in [2.24, 2.45) is 0 Å². The van der Waals surface area contributed by atoms with Gasteiger partial charge in [0.2, 0.25) is 0 Å². The minimum atomic E-state index is -0.818. The molecule has 0 radical (unpaired) electrons. The molecule has 0 aromatic heterocycles. The summed E-state index contributed by atoms with van der Waals surface area (Å²) in [5.74, 6) is -1.00. The molecule has 0 saturated carbocycles. The number of imide groups is 1. The molecule has 2 rings (SSSR count). The molecule has 1 atom stereocenters. The van der Waals surface area contributed by atoms with E-state index in [-0.39, 0.29) is 25.3 Å². The maximum absolute atomic E-state index is 13.2. The van der Waals surface area contributed by atoms with Crippen LogP contribution in [0.5, 0.6) is 0 Å². The lowest BCUT2D eigenvalue weighted by molar-refractivity contribution is -0.384. The van der Waals surface area contributed by atoms with Crippen molar-refractivity contribution >= 4 is 17.7 Å². The fourth-order valence-corrected chi connectivity index (χ4v) is 3.09. The predicted molar refractivity (Wildman–Crippen MR) is 104 cm³/mol. The number of carbonyl (C=O) groups is 2. The Morgan fingerprint density at radius 1 is 1.31 bits per heavy atom. The monoisotopic (exact) mass is 398 g/mol. The number of hydrogen-bond donors (Lipinski definition) is 1. The third-order valence-electron chi connectivity index (χ3n) is 4.43. The van der Waals surface area contributed by atoms with E-state index in [1.807, 2.05) is 19.1 Å². The molecule has 1 aliphatic rings. The summed E-state index contributed by atoms with van der Waals surface area (Å²) >= 11 is 0. The van der Waals surface area contributed by atoms with E-state index in [0.717, 1.165) is 10.6 Å². The highest BCUT2D eigenvalue weighted by Gasteiger charge is 2.33. The zero-order chi connectivity index (χ0) is 21.6. The van der Waals surface area contributed by atoms with Gasteiger partial charge in [-0.3, -0.25) is 14.9 Å². The topological polar surface area (TPSA) is 126 Å². The number of hydrogen-bond acceptors (Lipinski definition) is 7. The smallest absolute Gasteiger partial charge is 0.416 e. The predicted octanol–water partition coefficient (Wildman–Crippen LogP) is 3.36. The van der Waals surface area contributed by atoms with Gasteiger partial charge in [0.05, 0.1) is 17.4 Å². The summed E-state index contributed by atoms with van der Waals surface area (Å²) in [5, 5.41) is 22.6. The Hall–Kier alpha value is -3.67. The normalized spacial score (nSPS) is 15.7. The Morgan fingerprint density at radius 3 is 2.52 bits per heavy atom. The highest BCUT2D eigenvalue weighted by Crippen LogP contribution is 2.34. The largest absolute Gasteiger partial charge is 0.448 e. The molecular formula is C20H22N4O5. The Kier molecular flexibility index (Phi) is 7.09. The van der Waals surface area contributed by atoms with Crippen LogP contribution in [0.1, 0.15) is 38.7 Å². The molecule has 152 valence electrons. The Morgan fingerprint density at radius 2 is 1.97 bits per heavy atom. The number of likely N-dealkylation sites (N-methyl/N-ethyl adjacent to an activating group) is 1. The number of non-ortho nitro benzene ring substituents is 1. The van der Waals surface area contributed by atoms with Crippen molar-refractivity contribution in [1.29, 1.82) is 5.26 Å². The maximum atomic E-state index is 13.2. The van der Waals surface area contributed by atoms with E-state index in [1.165, 1.54) is 12.1 Å². The van der Waals surface area contributed by atoms with Crippen LogP contribution >= 0.6 is 0 Å². The molecule has 2 amide bonds. The first-order valence-electron chi connectivity index (χ1n) is 9.06. The van der Waals surface area contributed by atoms with Gasteiger partial charge >= 0.3 is 6.09 Å². The van der Waals surface area contributed by atoms with Crippen molar-refractivity contribution < 1.29 is 19.2 Å². The Balaban J connectivity index is 2.37. The van der Waals surface area contributed by atoms with Crippen LogP contribution in [-0.4, -0.2) is 35.0 Å². The average Bonchev–Trinajstić information content (AvgIpc) is 2.68. The second-order valence-electron chi connectivity index (χ2n) is 6.41. The zero-order valence-electron chi connectivity index (χ0n) is 16.5. The van der Waals surface area contributed by atoms with Gasteiger partial charge in [-0.15, -0.1) is 0 Å². The molecule has 1 unspecified atom stereocenters. The first-order valence-corrected chi connectivity index (χ1v) is 9.06. The van der Waals surface area contributed by atoms with Gasteiger partial charge in [-0.05, 0) is 26.3 Å². The molecule has 1 aliphatic heterocycles. The molecule has 9 nitrogen and oxygen atoms in total. The molecule has 1 heterocycles. The third-order valence-corrected chi connectivity index (χ3v) is 4.43. The van der Waals surface area contributed by atoms with Crippen LogP contribution in [0.25, 0.3) is 0 Å². The van der Waals surface area contributed by atoms with Crippen LogP contribution < -0.4 is 5.32 Å². The Bertz CT molecular complexity index is 912. The van der Waals surface area contributed by atoms with Crippen LogP contribution in [-0.2, 0) is 9.53 Å². The number of carbonyl (C=O) groups excluding carboxylic acids is 2. The summed E-state index contributed by atoms with van der Waals surface area (Å²) in [6.07, 6.45) is 1.05. The van der Waals surface area contributed by atoms with Gasteiger partial charge in [0, 0.05) is 41.6 Å². The first kappa shape index (κ1) is 21.6.